The maximum atomic E-state index is 12.7. The largest absolute Gasteiger partial charge is 0.347 e. The van der Waals surface area contributed by atoms with E-state index in [1.807, 2.05) is 0 Å². The van der Waals surface area contributed by atoms with Crippen molar-refractivity contribution >= 4 is 23.4 Å². The molecule has 1 aromatic carbocycles. The molecule has 1 aromatic heterocycles. The Morgan fingerprint density at radius 3 is 2.50 bits per heavy atom. The first kappa shape index (κ1) is 18.2. The van der Waals surface area contributed by atoms with Gasteiger partial charge in [-0.2, -0.15) is 0 Å². The van der Waals surface area contributed by atoms with Crippen LogP contribution in [0.3, 0.4) is 0 Å². The summed E-state index contributed by atoms with van der Waals surface area (Å²) < 4.78 is 0. The fourth-order valence-corrected chi connectivity index (χ4v) is 4.15. The van der Waals surface area contributed by atoms with E-state index in [4.69, 9.17) is 0 Å². The highest BCUT2D eigenvalue weighted by Gasteiger charge is 2.47. The van der Waals surface area contributed by atoms with Crippen molar-refractivity contribution in [1.29, 1.82) is 0 Å². The maximum Gasteiger partial charge on any atom is 0.322 e. The first-order chi connectivity index (χ1) is 13.5. The Balaban J connectivity index is 1.39. The summed E-state index contributed by atoms with van der Waals surface area (Å²) >= 11 is 0. The molecule has 1 saturated heterocycles. The van der Waals surface area contributed by atoms with Gasteiger partial charge in [0.2, 0.25) is 0 Å². The van der Waals surface area contributed by atoms with E-state index < -0.39 is 0 Å². The molecule has 3 atom stereocenters. The minimum Gasteiger partial charge on any atom is -0.347 e. The van der Waals surface area contributed by atoms with Crippen molar-refractivity contribution < 1.29 is 14.4 Å². The van der Waals surface area contributed by atoms with Gasteiger partial charge in [-0.25, -0.2) is 4.79 Å². The summed E-state index contributed by atoms with van der Waals surface area (Å²) in [5.41, 5.74) is 1.77. The van der Waals surface area contributed by atoms with E-state index in [0.717, 1.165) is 12.8 Å². The van der Waals surface area contributed by atoms with Crippen molar-refractivity contribution in [3.05, 3.63) is 59.9 Å². The van der Waals surface area contributed by atoms with E-state index in [0.29, 0.717) is 29.3 Å². The minimum absolute atomic E-state index is 0.0119. The molecule has 3 amide bonds. The zero-order valence-corrected chi connectivity index (χ0v) is 15.6. The predicted octanol–water partition coefficient (Wildman–Crippen LogP) is 2.71. The van der Waals surface area contributed by atoms with E-state index in [-0.39, 0.29) is 29.8 Å². The lowest BCUT2D eigenvalue weighted by molar-refractivity contribution is 0.0905. The van der Waals surface area contributed by atoms with Gasteiger partial charge in [-0.05, 0) is 62.1 Å². The molecule has 4 rings (SSSR count). The molecule has 0 spiro atoms. The number of Topliss-reactive ketones (excluding diaryl/α,β-unsaturated/α-hetero) is 1. The third kappa shape index (κ3) is 3.60. The van der Waals surface area contributed by atoms with Crippen LogP contribution in [0.15, 0.2) is 48.8 Å². The number of pyridine rings is 1. The molecule has 1 saturated carbocycles. The quantitative estimate of drug-likeness (QED) is 0.801. The van der Waals surface area contributed by atoms with Gasteiger partial charge in [-0.3, -0.25) is 14.6 Å². The number of fused-ring (bicyclic) bond motifs is 2. The van der Waals surface area contributed by atoms with Gasteiger partial charge in [0, 0.05) is 36.2 Å². The number of amides is 3. The average Bonchev–Trinajstić information content (AvgIpc) is 3.29. The number of urea groups is 1. The fourth-order valence-electron chi connectivity index (χ4n) is 4.15. The summed E-state index contributed by atoms with van der Waals surface area (Å²) in [6.07, 6.45) is 4.95. The van der Waals surface area contributed by atoms with Crippen molar-refractivity contribution in [2.75, 3.05) is 11.9 Å². The number of carbonyl (C=O) groups is 3. The van der Waals surface area contributed by atoms with E-state index in [1.54, 1.807) is 47.5 Å². The SMILES string of the molecule is CC(=O)c1ccc(NC(=O)N2CC3CC(NC(=O)c4cccnc4)C2C3)cc1. The number of hydrogen-bond donors (Lipinski definition) is 2. The zero-order valence-electron chi connectivity index (χ0n) is 15.6. The van der Waals surface area contributed by atoms with Gasteiger partial charge in [0.1, 0.15) is 0 Å². The summed E-state index contributed by atoms with van der Waals surface area (Å²) in [6, 6.07) is 10.1. The highest BCUT2D eigenvalue weighted by Crippen LogP contribution is 2.38. The molecule has 1 aliphatic heterocycles. The van der Waals surface area contributed by atoms with Crippen molar-refractivity contribution in [2.24, 2.45) is 5.92 Å². The molecule has 2 bridgehead atoms. The zero-order chi connectivity index (χ0) is 19.7. The fraction of sp³-hybridized carbons (Fsp3) is 0.333. The topological polar surface area (TPSA) is 91.4 Å². The van der Waals surface area contributed by atoms with Gasteiger partial charge in [-0.1, -0.05) is 0 Å². The van der Waals surface area contributed by atoms with Gasteiger partial charge < -0.3 is 15.5 Å². The molecule has 1 aliphatic carbocycles. The molecule has 7 heteroatoms. The van der Waals surface area contributed by atoms with Crippen LogP contribution in [-0.2, 0) is 0 Å². The Kier molecular flexibility index (Phi) is 4.81. The van der Waals surface area contributed by atoms with Crippen LogP contribution in [0.5, 0.6) is 0 Å². The maximum absolute atomic E-state index is 12.7. The van der Waals surface area contributed by atoms with Crippen LogP contribution >= 0.6 is 0 Å². The molecule has 2 fully saturated rings. The van der Waals surface area contributed by atoms with Gasteiger partial charge >= 0.3 is 6.03 Å². The molecule has 0 radical (unpaired) electrons. The van der Waals surface area contributed by atoms with Crippen LogP contribution in [0.2, 0.25) is 0 Å². The second-order valence-electron chi connectivity index (χ2n) is 7.44. The van der Waals surface area contributed by atoms with Gasteiger partial charge in [-0.15, -0.1) is 0 Å². The normalized spacial score (nSPS) is 22.8. The standard InChI is InChI=1S/C21H22N4O3/c1-13(26)15-4-6-17(7-5-15)23-21(28)25-12-14-9-18(19(25)10-14)24-20(27)16-3-2-8-22-11-16/h2-8,11,14,18-19H,9-10,12H2,1H3,(H,23,28)(H,24,27). The molecule has 2 N–H and O–H groups in total. The van der Waals surface area contributed by atoms with Gasteiger partial charge in [0.25, 0.3) is 5.91 Å². The number of likely N-dealkylation sites (tertiary alicyclic amines) is 1. The van der Waals surface area contributed by atoms with Crippen molar-refractivity contribution in [1.82, 2.24) is 15.2 Å². The predicted molar refractivity (Wildman–Crippen MR) is 104 cm³/mol. The van der Waals surface area contributed by atoms with E-state index in [1.165, 1.54) is 13.1 Å². The Morgan fingerprint density at radius 2 is 1.86 bits per heavy atom. The van der Waals surface area contributed by atoms with Crippen LogP contribution in [0.25, 0.3) is 0 Å². The smallest absolute Gasteiger partial charge is 0.322 e. The lowest BCUT2D eigenvalue weighted by atomic mass is 10.1. The number of benzene rings is 1. The number of rotatable bonds is 4. The number of anilines is 1. The highest BCUT2D eigenvalue weighted by molar-refractivity contribution is 5.96. The Bertz CT molecular complexity index is 898. The highest BCUT2D eigenvalue weighted by atomic mass is 16.2. The molecule has 3 unspecified atom stereocenters. The number of nitrogens with zero attached hydrogens (tertiary/aromatic N) is 2. The first-order valence-corrected chi connectivity index (χ1v) is 9.41. The summed E-state index contributed by atoms with van der Waals surface area (Å²) in [7, 11) is 0. The van der Waals surface area contributed by atoms with E-state index in [2.05, 4.69) is 15.6 Å². The number of nitrogens with one attached hydrogen (secondary N) is 2. The Hall–Kier alpha value is -3.22. The minimum atomic E-state index is -0.177. The molecule has 2 aliphatic rings. The van der Waals surface area contributed by atoms with Gasteiger partial charge in [0.15, 0.2) is 5.78 Å². The van der Waals surface area contributed by atoms with Crippen molar-refractivity contribution in [3.63, 3.8) is 0 Å². The van der Waals surface area contributed by atoms with E-state index in [9.17, 15) is 14.4 Å². The summed E-state index contributed by atoms with van der Waals surface area (Å²) in [5, 5.41) is 5.95. The van der Waals surface area contributed by atoms with Crippen molar-refractivity contribution in [2.45, 2.75) is 31.8 Å². The molecule has 7 nitrogen and oxygen atoms in total. The van der Waals surface area contributed by atoms with Crippen LogP contribution in [0.4, 0.5) is 10.5 Å². The van der Waals surface area contributed by atoms with Crippen LogP contribution in [0, 0.1) is 5.92 Å². The lowest BCUT2D eigenvalue weighted by Crippen LogP contribution is -2.53. The second kappa shape index (κ2) is 7.42. The van der Waals surface area contributed by atoms with Gasteiger partial charge in [0.05, 0.1) is 11.6 Å². The molecule has 2 aromatic rings. The first-order valence-electron chi connectivity index (χ1n) is 9.41. The molecular formula is C21H22N4O3. The van der Waals surface area contributed by atoms with Crippen LogP contribution in [-0.4, -0.2) is 46.2 Å². The number of piperidine rings is 1. The number of carbonyl (C=O) groups excluding carboxylic acids is 3. The van der Waals surface area contributed by atoms with E-state index >= 15 is 0 Å². The van der Waals surface area contributed by atoms with Crippen LogP contribution < -0.4 is 10.6 Å². The Labute approximate surface area is 163 Å². The number of hydrogen-bond acceptors (Lipinski definition) is 4. The molecular weight excluding hydrogens is 356 g/mol. The van der Waals surface area contributed by atoms with Crippen molar-refractivity contribution in [3.8, 4) is 0 Å². The molecule has 2 heterocycles. The average molecular weight is 378 g/mol. The van der Waals surface area contributed by atoms with Crippen LogP contribution in [0.1, 0.15) is 40.5 Å². The summed E-state index contributed by atoms with van der Waals surface area (Å²) in [4.78, 5) is 42.3. The number of aromatic nitrogens is 1. The third-order valence-corrected chi connectivity index (χ3v) is 5.53. The third-order valence-electron chi connectivity index (χ3n) is 5.53. The molecule has 28 heavy (non-hydrogen) atoms. The second-order valence-corrected chi connectivity index (χ2v) is 7.44. The summed E-state index contributed by atoms with van der Waals surface area (Å²) in [5.74, 6) is 0.225. The lowest BCUT2D eigenvalue weighted by Gasteiger charge is -2.33. The molecule has 144 valence electrons. The Morgan fingerprint density at radius 1 is 1.07 bits per heavy atom. The monoisotopic (exact) mass is 378 g/mol. The number of ketones is 1. The summed E-state index contributed by atoms with van der Waals surface area (Å²) in [6.45, 7) is 2.20.